The van der Waals surface area contributed by atoms with Gasteiger partial charge in [-0.2, -0.15) is 0 Å². The highest BCUT2D eigenvalue weighted by molar-refractivity contribution is 7.80. The van der Waals surface area contributed by atoms with Crippen LogP contribution in [-0.4, -0.2) is 48.8 Å². The van der Waals surface area contributed by atoms with E-state index in [0.717, 1.165) is 6.42 Å². The van der Waals surface area contributed by atoms with Crippen LogP contribution in [0.2, 0.25) is 0 Å². The van der Waals surface area contributed by atoms with E-state index in [1.54, 1.807) is 0 Å². The summed E-state index contributed by atoms with van der Waals surface area (Å²) in [4.78, 5) is 13.7. The molecule has 1 N–H and O–H groups in total. The highest BCUT2D eigenvalue weighted by atomic mass is 32.1. The van der Waals surface area contributed by atoms with Crippen LogP contribution in [0.3, 0.4) is 0 Å². The van der Waals surface area contributed by atoms with Gasteiger partial charge in [-0.05, 0) is 36.3 Å². The average Bonchev–Trinajstić information content (AvgIpc) is 2.54. The van der Waals surface area contributed by atoms with Crippen LogP contribution in [-0.2, 0) is 16.0 Å². The van der Waals surface area contributed by atoms with Gasteiger partial charge in [0, 0.05) is 13.1 Å². The average molecular weight is 308 g/mol. The third-order valence-electron chi connectivity index (χ3n) is 3.25. The molecule has 1 aliphatic heterocycles. The Kier molecular flexibility index (Phi) is 5.95. The first-order chi connectivity index (χ1) is 10.2. The normalized spacial score (nSPS) is 14.6. The minimum atomic E-state index is -0.244. The van der Waals surface area contributed by atoms with Crippen LogP contribution in [0.1, 0.15) is 12.5 Å². The van der Waals surface area contributed by atoms with Crippen molar-refractivity contribution < 1.29 is 14.3 Å². The Morgan fingerprint density at radius 2 is 2.00 bits per heavy atom. The van der Waals surface area contributed by atoms with Crippen molar-refractivity contribution in [2.45, 2.75) is 13.3 Å². The molecule has 21 heavy (non-hydrogen) atoms. The molecule has 6 heteroatoms. The second kappa shape index (κ2) is 7.95. The molecule has 0 atom stereocenters. The second-order valence-corrected chi connectivity index (χ2v) is 5.13. The highest BCUT2D eigenvalue weighted by Gasteiger charge is 2.15. The molecule has 1 aliphatic rings. The van der Waals surface area contributed by atoms with Crippen molar-refractivity contribution in [2.75, 3.05) is 32.9 Å². The van der Waals surface area contributed by atoms with Gasteiger partial charge in [0.15, 0.2) is 11.7 Å². The molecule has 0 aliphatic carbocycles. The Hall–Kier alpha value is -1.66. The highest BCUT2D eigenvalue weighted by Crippen LogP contribution is 2.12. The van der Waals surface area contributed by atoms with Crippen molar-refractivity contribution in [1.82, 2.24) is 10.2 Å². The number of aryl methyl sites for hydroxylation is 1. The smallest absolute Gasteiger partial charge is 0.264 e. The predicted molar refractivity (Wildman–Crippen MR) is 84.4 cm³/mol. The first-order valence-electron chi connectivity index (χ1n) is 7.07. The molecule has 5 nitrogen and oxygen atoms in total. The molecule has 1 saturated heterocycles. The van der Waals surface area contributed by atoms with Crippen molar-refractivity contribution in [2.24, 2.45) is 0 Å². The van der Waals surface area contributed by atoms with Gasteiger partial charge < -0.3 is 19.7 Å². The van der Waals surface area contributed by atoms with Gasteiger partial charge in [-0.3, -0.25) is 4.79 Å². The van der Waals surface area contributed by atoms with Crippen LogP contribution >= 0.6 is 12.2 Å². The lowest BCUT2D eigenvalue weighted by Crippen LogP contribution is -2.48. The summed E-state index contributed by atoms with van der Waals surface area (Å²) in [6.07, 6.45) is 0.981. The van der Waals surface area contributed by atoms with E-state index in [1.165, 1.54) is 5.56 Å². The zero-order valence-electron chi connectivity index (χ0n) is 12.1. The van der Waals surface area contributed by atoms with E-state index >= 15 is 0 Å². The van der Waals surface area contributed by atoms with Gasteiger partial charge in [-0.25, -0.2) is 0 Å². The van der Waals surface area contributed by atoms with Crippen LogP contribution in [0.5, 0.6) is 5.75 Å². The number of carbonyl (C=O) groups excluding carboxylic acids is 1. The van der Waals surface area contributed by atoms with Crippen LogP contribution in [0.15, 0.2) is 24.3 Å². The fourth-order valence-electron chi connectivity index (χ4n) is 1.97. The van der Waals surface area contributed by atoms with Gasteiger partial charge in [0.05, 0.1) is 13.2 Å². The molecule has 0 saturated carbocycles. The molecular weight excluding hydrogens is 288 g/mol. The lowest BCUT2D eigenvalue weighted by atomic mass is 10.2. The number of benzene rings is 1. The van der Waals surface area contributed by atoms with Gasteiger partial charge in [0.2, 0.25) is 0 Å². The van der Waals surface area contributed by atoms with Crippen LogP contribution < -0.4 is 10.1 Å². The largest absolute Gasteiger partial charge is 0.484 e. The van der Waals surface area contributed by atoms with E-state index in [1.807, 2.05) is 29.2 Å². The summed E-state index contributed by atoms with van der Waals surface area (Å²) in [7, 11) is 0. The SMILES string of the molecule is CCc1ccc(OCC(=O)NC(=S)N2CCOCC2)cc1. The van der Waals surface area contributed by atoms with Crippen LogP contribution in [0, 0.1) is 0 Å². The molecule has 0 aromatic heterocycles. The fourth-order valence-corrected chi connectivity index (χ4v) is 2.27. The predicted octanol–water partition coefficient (Wildman–Crippen LogP) is 1.36. The number of hydrogen-bond donors (Lipinski definition) is 1. The third kappa shape index (κ3) is 4.99. The maximum absolute atomic E-state index is 11.8. The van der Waals surface area contributed by atoms with E-state index in [9.17, 15) is 4.79 Å². The second-order valence-electron chi connectivity index (χ2n) is 4.74. The first kappa shape index (κ1) is 15.7. The Labute approximate surface area is 130 Å². The molecule has 2 rings (SSSR count). The number of morpholine rings is 1. The molecule has 114 valence electrons. The molecule has 1 aromatic carbocycles. The van der Waals surface area contributed by atoms with Gasteiger partial charge >= 0.3 is 0 Å². The minimum Gasteiger partial charge on any atom is -0.484 e. The summed E-state index contributed by atoms with van der Waals surface area (Å²) in [5.41, 5.74) is 1.24. The Bertz CT molecular complexity index is 484. The zero-order chi connectivity index (χ0) is 15.1. The number of thiocarbonyl (C=S) groups is 1. The van der Waals surface area contributed by atoms with Gasteiger partial charge in [0.1, 0.15) is 5.75 Å². The minimum absolute atomic E-state index is 0.0457. The summed E-state index contributed by atoms with van der Waals surface area (Å²) >= 11 is 5.20. The van der Waals surface area contributed by atoms with E-state index in [2.05, 4.69) is 12.2 Å². The molecule has 0 bridgehead atoms. The molecular formula is C15H20N2O3S. The monoisotopic (exact) mass is 308 g/mol. The molecule has 1 heterocycles. The number of rotatable bonds is 4. The molecule has 1 aromatic rings. The van der Waals surface area contributed by atoms with Crippen molar-refractivity contribution in [3.8, 4) is 5.75 Å². The van der Waals surface area contributed by atoms with Crippen molar-refractivity contribution in [3.05, 3.63) is 29.8 Å². The number of ether oxygens (including phenoxy) is 2. The van der Waals surface area contributed by atoms with Crippen LogP contribution in [0.25, 0.3) is 0 Å². The number of amides is 1. The topological polar surface area (TPSA) is 50.8 Å². The fraction of sp³-hybridized carbons (Fsp3) is 0.467. The maximum Gasteiger partial charge on any atom is 0.264 e. The standard InChI is InChI=1S/C15H20N2O3S/c1-2-12-3-5-13(6-4-12)20-11-14(18)16-15(21)17-7-9-19-10-8-17/h3-6H,2,7-11H2,1H3,(H,16,18,21). The lowest BCUT2D eigenvalue weighted by Gasteiger charge is -2.28. The number of hydrogen-bond acceptors (Lipinski definition) is 4. The van der Waals surface area contributed by atoms with E-state index in [0.29, 0.717) is 37.2 Å². The molecule has 1 amide bonds. The Balaban J connectivity index is 1.74. The summed E-state index contributed by atoms with van der Waals surface area (Å²) in [5.74, 6) is 0.436. The van der Waals surface area contributed by atoms with E-state index in [-0.39, 0.29) is 12.5 Å². The maximum atomic E-state index is 11.8. The third-order valence-corrected chi connectivity index (χ3v) is 3.61. The summed E-state index contributed by atoms with van der Waals surface area (Å²) < 4.78 is 10.7. The van der Waals surface area contributed by atoms with Crippen molar-refractivity contribution in [3.63, 3.8) is 0 Å². The zero-order valence-corrected chi connectivity index (χ0v) is 12.9. The molecule has 0 spiro atoms. The number of nitrogens with zero attached hydrogens (tertiary/aromatic N) is 1. The van der Waals surface area contributed by atoms with Crippen LogP contribution in [0.4, 0.5) is 0 Å². The van der Waals surface area contributed by atoms with Gasteiger partial charge in [-0.1, -0.05) is 19.1 Å². The van der Waals surface area contributed by atoms with Gasteiger partial charge in [0.25, 0.3) is 5.91 Å². The van der Waals surface area contributed by atoms with E-state index < -0.39 is 0 Å². The summed E-state index contributed by atoms with van der Waals surface area (Å²) in [6, 6.07) is 7.72. The summed E-state index contributed by atoms with van der Waals surface area (Å²) in [5, 5.41) is 3.12. The van der Waals surface area contributed by atoms with Crippen molar-refractivity contribution >= 4 is 23.2 Å². The first-order valence-corrected chi connectivity index (χ1v) is 7.48. The van der Waals surface area contributed by atoms with Gasteiger partial charge in [-0.15, -0.1) is 0 Å². The van der Waals surface area contributed by atoms with E-state index in [4.69, 9.17) is 21.7 Å². The molecule has 0 radical (unpaired) electrons. The number of carbonyl (C=O) groups is 1. The van der Waals surface area contributed by atoms with Crippen molar-refractivity contribution in [1.29, 1.82) is 0 Å². The molecule has 1 fully saturated rings. The number of nitrogens with one attached hydrogen (secondary N) is 1. The summed E-state index contributed by atoms with van der Waals surface area (Å²) in [6.45, 7) is 4.73. The Morgan fingerprint density at radius 3 is 2.62 bits per heavy atom. The lowest BCUT2D eigenvalue weighted by molar-refractivity contribution is -0.121. The molecule has 0 unspecified atom stereocenters. The Morgan fingerprint density at radius 1 is 1.33 bits per heavy atom. The quantitative estimate of drug-likeness (QED) is 0.851.